The Morgan fingerprint density at radius 1 is 1.30 bits per heavy atom. The number of hydrogen-bond acceptors (Lipinski definition) is 5. The molecule has 0 amide bonds. The SMILES string of the molecule is COc1ccc(/C(C)=N/O)c(OCCOCC(C)C)c1. The Morgan fingerprint density at radius 2 is 2.05 bits per heavy atom. The highest BCUT2D eigenvalue weighted by atomic mass is 16.5. The van der Waals surface area contributed by atoms with E-state index in [1.807, 2.05) is 0 Å². The van der Waals surface area contributed by atoms with E-state index in [1.165, 1.54) is 0 Å². The van der Waals surface area contributed by atoms with Gasteiger partial charge < -0.3 is 19.4 Å². The second-order valence-corrected chi connectivity index (χ2v) is 4.86. The molecule has 0 spiro atoms. The summed E-state index contributed by atoms with van der Waals surface area (Å²) in [5, 5.41) is 12.1. The van der Waals surface area contributed by atoms with Crippen LogP contribution in [0, 0.1) is 5.92 Å². The zero-order valence-corrected chi connectivity index (χ0v) is 12.5. The lowest BCUT2D eigenvalue weighted by molar-refractivity contribution is 0.0818. The number of oxime groups is 1. The van der Waals surface area contributed by atoms with Crippen LogP contribution in [-0.2, 0) is 4.74 Å². The molecule has 0 saturated carbocycles. The molecule has 0 saturated heterocycles. The fourth-order valence-corrected chi connectivity index (χ4v) is 1.63. The largest absolute Gasteiger partial charge is 0.497 e. The molecule has 1 N–H and O–H groups in total. The predicted molar refractivity (Wildman–Crippen MR) is 78.1 cm³/mol. The van der Waals surface area contributed by atoms with E-state index in [2.05, 4.69) is 19.0 Å². The summed E-state index contributed by atoms with van der Waals surface area (Å²) in [5.41, 5.74) is 1.22. The van der Waals surface area contributed by atoms with Crippen LogP contribution in [-0.4, -0.2) is 37.8 Å². The standard InChI is InChI=1S/C15H23NO4/c1-11(2)10-19-7-8-20-15-9-13(18-4)5-6-14(15)12(3)16-17/h5-6,9,11,17H,7-8,10H2,1-4H3/b16-12+. The normalized spacial score (nSPS) is 11.8. The monoisotopic (exact) mass is 281 g/mol. The summed E-state index contributed by atoms with van der Waals surface area (Å²) >= 11 is 0. The van der Waals surface area contributed by atoms with E-state index in [9.17, 15) is 0 Å². The molecule has 0 radical (unpaired) electrons. The molecule has 5 heteroatoms. The molecule has 112 valence electrons. The molecule has 0 bridgehead atoms. The van der Waals surface area contributed by atoms with Crippen LogP contribution in [0.1, 0.15) is 26.3 Å². The molecule has 0 atom stereocenters. The molecule has 0 heterocycles. The average Bonchev–Trinajstić information content (AvgIpc) is 2.45. The predicted octanol–water partition coefficient (Wildman–Crippen LogP) is 2.94. The van der Waals surface area contributed by atoms with Gasteiger partial charge in [-0.3, -0.25) is 0 Å². The van der Waals surface area contributed by atoms with Crippen molar-refractivity contribution in [3.63, 3.8) is 0 Å². The number of rotatable bonds is 8. The maximum Gasteiger partial charge on any atom is 0.132 e. The van der Waals surface area contributed by atoms with Gasteiger partial charge in [0.1, 0.15) is 18.1 Å². The van der Waals surface area contributed by atoms with E-state index >= 15 is 0 Å². The number of hydrogen-bond donors (Lipinski definition) is 1. The summed E-state index contributed by atoms with van der Waals surface area (Å²) in [6.07, 6.45) is 0. The van der Waals surface area contributed by atoms with E-state index in [4.69, 9.17) is 19.4 Å². The quantitative estimate of drug-likeness (QED) is 0.344. The van der Waals surface area contributed by atoms with Gasteiger partial charge in [0.25, 0.3) is 0 Å². The second-order valence-electron chi connectivity index (χ2n) is 4.86. The van der Waals surface area contributed by atoms with Gasteiger partial charge in [-0.15, -0.1) is 0 Å². The number of methoxy groups -OCH3 is 1. The van der Waals surface area contributed by atoms with Crippen molar-refractivity contribution in [1.29, 1.82) is 0 Å². The molecule has 0 fully saturated rings. The summed E-state index contributed by atoms with van der Waals surface area (Å²) in [6, 6.07) is 5.37. The molecule has 5 nitrogen and oxygen atoms in total. The van der Waals surface area contributed by atoms with Crippen molar-refractivity contribution in [2.45, 2.75) is 20.8 Å². The number of ether oxygens (including phenoxy) is 3. The van der Waals surface area contributed by atoms with E-state index < -0.39 is 0 Å². The highest BCUT2D eigenvalue weighted by Gasteiger charge is 2.09. The Balaban J connectivity index is 2.66. The third-order valence-corrected chi connectivity index (χ3v) is 2.66. The van der Waals surface area contributed by atoms with E-state index in [0.29, 0.717) is 42.9 Å². The molecule has 1 aromatic carbocycles. The first-order valence-corrected chi connectivity index (χ1v) is 6.66. The topological polar surface area (TPSA) is 60.3 Å². The van der Waals surface area contributed by atoms with Crippen molar-refractivity contribution >= 4 is 5.71 Å². The summed E-state index contributed by atoms with van der Waals surface area (Å²) in [5.74, 6) is 1.82. The van der Waals surface area contributed by atoms with Crippen LogP contribution in [0.3, 0.4) is 0 Å². The van der Waals surface area contributed by atoms with Crippen LogP contribution < -0.4 is 9.47 Å². The molecule has 1 aromatic rings. The van der Waals surface area contributed by atoms with E-state index in [-0.39, 0.29) is 0 Å². The van der Waals surface area contributed by atoms with Gasteiger partial charge in [0.05, 0.1) is 19.4 Å². The minimum atomic E-state index is 0.436. The van der Waals surface area contributed by atoms with Crippen molar-refractivity contribution < 1.29 is 19.4 Å². The summed E-state index contributed by atoms with van der Waals surface area (Å²) in [4.78, 5) is 0. The van der Waals surface area contributed by atoms with Crippen LogP contribution in [0.2, 0.25) is 0 Å². The highest BCUT2D eigenvalue weighted by Crippen LogP contribution is 2.25. The minimum Gasteiger partial charge on any atom is -0.497 e. The van der Waals surface area contributed by atoms with Gasteiger partial charge in [-0.2, -0.15) is 0 Å². The van der Waals surface area contributed by atoms with Gasteiger partial charge in [0, 0.05) is 18.2 Å². The van der Waals surface area contributed by atoms with Crippen molar-refractivity contribution in [3.05, 3.63) is 23.8 Å². The van der Waals surface area contributed by atoms with Crippen molar-refractivity contribution in [2.24, 2.45) is 11.1 Å². The first-order valence-electron chi connectivity index (χ1n) is 6.66. The smallest absolute Gasteiger partial charge is 0.132 e. The Labute approximate surface area is 120 Å². The lowest BCUT2D eigenvalue weighted by atomic mass is 10.1. The Hall–Kier alpha value is -1.75. The number of nitrogens with zero attached hydrogens (tertiary/aromatic N) is 1. The second kappa shape index (κ2) is 8.43. The molecule has 0 aliphatic rings. The van der Waals surface area contributed by atoms with Crippen molar-refractivity contribution in [2.75, 3.05) is 26.9 Å². The highest BCUT2D eigenvalue weighted by molar-refractivity contribution is 6.00. The van der Waals surface area contributed by atoms with Gasteiger partial charge in [-0.1, -0.05) is 19.0 Å². The van der Waals surface area contributed by atoms with Gasteiger partial charge >= 0.3 is 0 Å². The van der Waals surface area contributed by atoms with Crippen LogP contribution in [0.15, 0.2) is 23.4 Å². The summed E-state index contributed by atoms with van der Waals surface area (Å²) in [6.45, 7) is 7.58. The van der Waals surface area contributed by atoms with E-state index in [0.717, 1.165) is 5.56 Å². The van der Waals surface area contributed by atoms with Gasteiger partial charge in [-0.05, 0) is 25.0 Å². The van der Waals surface area contributed by atoms with Crippen LogP contribution in [0.4, 0.5) is 0 Å². The molecule has 1 rings (SSSR count). The molecule has 0 aromatic heterocycles. The first kappa shape index (κ1) is 16.3. The molecule has 20 heavy (non-hydrogen) atoms. The lowest BCUT2D eigenvalue weighted by Crippen LogP contribution is -2.11. The summed E-state index contributed by atoms with van der Waals surface area (Å²) < 4.78 is 16.3. The fraction of sp³-hybridized carbons (Fsp3) is 0.533. The maximum absolute atomic E-state index is 8.89. The molecular weight excluding hydrogens is 258 g/mol. The molecule has 0 unspecified atom stereocenters. The Kier molecular flexibility index (Phi) is 6.87. The fourth-order valence-electron chi connectivity index (χ4n) is 1.63. The zero-order valence-electron chi connectivity index (χ0n) is 12.5. The van der Waals surface area contributed by atoms with E-state index in [1.54, 1.807) is 32.2 Å². The first-order chi connectivity index (χ1) is 9.58. The average molecular weight is 281 g/mol. The van der Waals surface area contributed by atoms with Gasteiger partial charge in [-0.25, -0.2) is 0 Å². The Bertz CT molecular complexity index is 443. The van der Waals surface area contributed by atoms with Crippen LogP contribution >= 0.6 is 0 Å². The molecule has 0 aliphatic heterocycles. The van der Waals surface area contributed by atoms with Crippen LogP contribution in [0.25, 0.3) is 0 Å². The molecular formula is C15H23NO4. The maximum atomic E-state index is 8.89. The third kappa shape index (κ3) is 5.09. The van der Waals surface area contributed by atoms with Gasteiger partial charge in [0.15, 0.2) is 0 Å². The minimum absolute atomic E-state index is 0.436. The molecule has 0 aliphatic carbocycles. The van der Waals surface area contributed by atoms with Gasteiger partial charge in [0.2, 0.25) is 0 Å². The summed E-state index contributed by atoms with van der Waals surface area (Å²) in [7, 11) is 1.59. The lowest BCUT2D eigenvalue weighted by Gasteiger charge is -2.13. The van der Waals surface area contributed by atoms with Crippen LogP contribution in [0.5, 0.6) is 11.5 Å². The van der Waals surface area contributed by atoms with Crippen molar-refractivity contribution in [1.82, 2.24) is 0 Å². The third-order valence-electron chi connectivity index (χ3n) is 2.66. The zero-order chi connectivity index (χ0) is 15.0. The Morgan fingerprint density at radius 3 is 2.65 bits per heavy atom. The van der Waals surface area contributed by atoms with Crippen molar-refractivity contribution in [3.8, 4) is 11.5 Å². The number of benzene rings is 1.